The van der Waals surface area contributed by atoms with Crippen LogP contribution in [0.3, 0.4) is 0 Å². The van der Waals surface area contributed by atoms with Gasteiger partial charge in [-0.25, -0.2) is 9.97 Å². The van der Waals surface area contributed by atoms with Gasteiger partial charge in [-0.15, -0.1) is 0 Å². The van der Waals surface area contributed by atoms with Crippen LogP contribution in [0, 0.1) is 0 Å². The molecule has 0 radical (unpaired) electrons. The highest BCUT2D eigenvalue weighted by molar-refractivity contribution is 6.42. The second-order valence-corrected chi connectivity index (χ2v) is 6.49. The Morgan fingerprint density at radius 3 is 2.50 bits per heavy atom. The molecule has 0 saturated carbocycles. The van der Waals surface area contributed by atoms with Crippen molar-refractivity contribution in [2.24, 2.45) is 0 Å². The molecule has 3 rings (SSSR count). The number of aromatic nitrogens is 4. The van der Waals surface area contributed by atoms with Gasteiger partial charge in [0.2, 0.25) is 11.8 Å². The Labute approximate surface area is 161 Å². The van der Waals surface area contributed by atoms with E-state index in [0.29, 0.717) is 21.6 Å². The van der Waals surface area contributed by atoms with Gasteiger partial charge in [0.25, 0.3) is 0 Å². The maximum Gasteiger partial charge on any atom is 0.400 e. The molecular formula is C15H10Cl3F2N5O. The summed E-state index contributed by atoms with van der Waals surface area (Å²) in [4.78, 5) is 11.7. The van der Waals surface area contributed by atoms with E-state index in [1.54, 1.807) is 12.1 Å². The number of benzene rings is 1. The van der Waals surface area contributed by atoms with Crippen LogP contribution in [0.2, 0.25) is 10.0 Å². The van der Waals surface area contributed by atoms with Crippen molar-refractivity contribution in [3.8, 4) is 11.4 Å². The maximum atomic E-state index is 12.9. The summed E-state index contributed by atoms with van der Waals surface area (Å²) in [5.74, 6) is -0.804. The van der Waals surface area contributed by atoms with Crippen molar-refractivity contribution in [1.82, 2.24) is 20.1 Å². The molecule has 11 heteroatoms. The van der Waals surface area contributed by atoms with E-state index in [4.69, 9.17) is 34.8 Å². The second kappa shape index (κ2) is 7.30. The third-order valence-electron chi connectivity index (χ3n) is 3.37. The Kier molecular flexibility index (Phi) is 5.27. The third-order valence-corrected chi connectivity index (χ3v) is 4.37. The molecule has 6 nitrogen and oxygen atoms in total. The summed E-state index contributed by atoms with van der Waals surface area (Å²) in [6, 6.07) is 5.08. The van der Waals surface area contributed by atoms with E-state index in [-0.39, 0.29) is 11.9 Å². The smallest absolute Gasteiger partial charge is 0.348 e. The quantitative estimate of drug-likeness (QED) is 0.565. The molecule has 0 aliphatic carbocycles. The van der Waals surface area contributed by atoms with Crippen molar-refractivity contribution in [1.29, 1.82) is 0 Å². The standard InChI is InChI=1S/C15H10Cl3F2N5O/c1-7(9-3-2-4-10(16)11(9)17)23-14-21-5-8(6-22-14)12-24-13(26-25-12)15(18,19)20/h2-7H,1H3,(H,21,22,23). The summed E-state index contributed by atoms with van der Waals surface area (Å²) in [5, 5.41) is 3.64. The zero-order valence-corrected chi connectivity index (χ0v) is 15.3. The van der Waals surface area contributed by atoms with E-state index in [1.807, 2.05) is 13.0 Å². The van der Waals surface area contributed by atoms with Crippen molar-refractivity contribution in [3.63, 3.8) is 0 Å². The predicted molar refractivity (Wildman–Crippen MR) is 93.6 cm³/mol. The van der Waals surface area contributed by atoms with Crippen LogP contribution in [0.25, 0.3) is 11.4 Å². The number of anilines is 1. The molecular weight excluding hydrogens is 411 g/mol. The van der Waals surface area contributed by atoms with E-state index in [0.717, 1.165) is 5.56 Å². The number of rotatable bonds is 5. The fraction of sp³-hybridized carbons (Fsp3) is 0.200. The molecule has 1 aromatic carbocycles. The number of nitrogens with zero attached hydrogens (tertiary/aromatic N) is 4. The maximum absolute atomic E-state index is 12.9. The summed E-state index contributed by atoms with van der Waals surface area (Å²) >= 11 is 17.0. The zero-order valence-electron chi connectivity index (χ0n) is 13.1. The van der Waals surface area contributed by atoms with Crippen LogP contribution in [0.4, 0.5) is 14.7 Å². The van der Waals surface area contributed by atoms with E-state index in [1.165, 1.54) is 12.4 Å². The molecule has 26 heavy (non-hydrogen) atoms. The summed E-state index contributed by atoms with van der Waals surface area (Å²) in [5.41, 5.74) is 1.07. The summed E-state index contributed by atoms with van der Waals surface area (Å²) in [6.07, 6.45) is 2.73. The molecule has 1 unspecified atom stereocenters. The summed E-state index contributed by atoms with van der Waals surface area (Å²) in [6.45, 7) is 1.86. The minimum atomic E-state index is -3.74. The van der Waals surface area contributed by atoms with Gasteiger partial charge in [0.15, 0.2) is 0 Å². The lowest BCUT2D eigenvalue weighted by Gasteiger charge is -2.16. The molecule has 0 spiro atoms. The first-order valence-electron chi connectivity index (χ1n) is 7.19. The van der Waals surface area contributed by atoms with Gasteiger partial charge in [0.05, 0.1) is 21.7 Å². The van der Waals surface area contributed by atoms with Crippen molar-refractivity contribution in [2.75, 3.05) is 5.32 Å². The Morgan fingerprint density at radius 1 is 1.19 bits per heavy atom. The van der Waals surface area contributed by atoms with Crippen LogP contribution >= 0.6 is 34.8 Å². The zero-order chi connectivity index (χ0) is 18.9. The second-order valence-electron chi connectivity index (χ2n) is 5.23. The van der Waals surface area contributed by atoms with E-state index in [2.05, 4.69) is 29.9 Å². The average molecular weight is 421 g/mol. The van der Waals surface area contributed by atoms with Gasteiger partial charge in [0.1, 0.15) is 0 Å². The third kappa shape index (κ3) is 4.03. The molecule has 2 heterocycles. The largest absolute Gasteiger partial charge is 0.400 e. The Morgan fingerprint density at radius 2 is 1.88 bits per heavy atom. The lowest BCUT2D eigenvalue weighted by atomic mass is 10.1. The van der Waals surface area contributed by atoms with Crippen LogP contribution in [0.5, 0.6) is 0 Å². The molecule has 0 aliphatic heterocycles. The fourth-order valence-electron chi connectivity index (χ4n) is 2.10. The Hall–Kier alpha value is -2.03. The minimum Gasteiger partial charge on any atom is -0.348 e. The molecule has 0 bridgehead atoms. The molecule has 2 aromatic heterocycles. The van der Waals surface area contributed by atoms with Crippen LogP contribution in [0.1, 0.15) is 24.4 Å². The summed E-state index contributed by atoms with van der Waals surface area (Å²) < 4.78 is 30.3. The van der Waals surface area contributed by atoms with Gasteiger partial charge in [-0.2, -0.15) is 13.8 Å². The Balaban J connectivity index is 1.75. The van der Waals surface area contributed by atoms with Crippen molar-refractivity contribution in [2.45, 2.75) is 18.3 Å². The van der Waals surface area contributed by atoms with Gasteiger partial charge < -0.3 is 9.84 Å². The van der Waals surface area contributed by atoms with Crippen LogP contribution in [0.15, 0.2) is 35.1 Å². The van der Waals surface area contributed by atoms with Gasteiger partial charge >= 0.3 is 11.3 Å². The molecule has 3 aromatic rings. The average Bonchev–Trinajstić information content (AvgIpc) is 3.08. The summed E-state index contributed by atoms with van der Waals surface area (Å²) in [7, 11) is 0. The van der Waals surface area contributed by atoms with Crippen molar-refractivity contribution >= 4 is 40.8 Å². The highest BCUT2D eigenvalue weighted by Crippen LogP contribution is 2.32. The molecule has 0 saturated heterocycles. The number of hydrogen-bond donors (Lipinski definition) is 1. The normalized spacial score (nSPS) is 12.8. The molecule has 0 amide bonds. The number of nitrogens with one attached hydrogen (secondary N) is 1. The number of halogens is 5. The lowest BCUT2D eigenvalue weighted by molar-refractivity contribution is 0.0551. The number of alkyl halides is 3. The lowest BCUT2D eigenvalue weighted by Crippen LogP contribution is -2.10. The van der Waals surface area contributed by atoms with Gasteiger partial charge in [0, 0.05) is 12.4 Å². The monoisotopic (exact) mass is 419 g/mol. The van der Waals surface area contributed by atoms with E-state index >= 15 is 0 Å². The van der Waals surface area contributed by atoms with Crippen LogP contribution < -0.4 is 5.32 Å². The molecule has 0 fully saturated rings. The first-order valence-corrected chi connectivity index (χ1v) is 8.33. The highest BCUT2D eigenvalue weighted by Gasteiger charge is 2.35. The van der Waals surface area contributed by atoms with Crippen LogP contribution in [-0.4, -0.2) is 20.1 Å². The SMILES string of the molecule is CC(Nc1ncc(-c2noc(C(F)(F)Cl)n2)cn1)c1cccc(Cl)c1Cl. The first-order chi connectivity index (χ1) is 12.3. The first kappa shape index (κ1) is 18.8. The highest BCUT2D eigenvalue weighted by atomic mass is 35.5. The predicted octanol–water partition coefficient (Wildman–Crippen LogP) is 5.29. The molecule has 136 valence electrons. The van der Waals surface area contributed by atoms with Gasteiger partial charge in [-0.1, -0.05) is 40.5 Å². The van der Waals surface area contributed by atoms with Gasteiger partial charge in [-0.05, 0) is 30.2 Å². The molecule has 1 atom stereocenters. The van der Waals surface area contributed by atoms with Gasteiger partial charge in [-0.3, -0.25) is 0 Å². The molecule has 1 N–H and O–H groups in total. The topological polar surface area (TPSA) is 76.7 Å². The minimum absolute atomic E-state index is 0.0993. The van der Waals surface area contributed by atoms with Crippen LogP contribution in [-0.2, 0) is 5.38 Å². The number of hydrogen-bond acceptors (Lipinski definition) is 6. The van der Waals surface area contributed by atoms with Crippen molar-refractivity contribution < 1.29 is 13.3 Å². The van der Waals surface area contributed by atoms with Crippen molar-refractivity contribution in [3.05, 3.63) is 52.1 Å². The Bertz CT molecular complexity index is 914. The van der Waals surface area contributed by atoms with E-state index < -0.39 is 11.3 Å². The van der Waals surface area contributed by atoms with E-state index in [9.17, 15) is 8.78 Å². The fourth-order valence-corrected chi connectivity index (χ4v) is 2.65. The molecule has 0 aliphatic rings.